The normalized spacial score (nSPS) is 18.3. The van der Waals surface area contributed by atoms with Crippen LogP contribution in [0.4, 0.5) is 0 Å². The Bertz CT molecular complexity index is 454. The van der Waals surface area contributed by atoms with E-state index in [0.717, 1.165) is 12.8 Å². The Morgan fingerprint density at radius 2 is 2.19 bits per heavy atom. The van der Waals surface area contributed by atoms with Gasteiger partial charge in [0.25, 0.3) is 10.0 Å². The van der Waals surface area contributed by atoms with Crippen LogP contribution in [0.3, 0.4) is 0 Å². The third-order valence-electron chi connectivity index (χ3n) is 2.84. The number of aromatic nitrogens is 1. The molecule has 1 fully saturated rings. The molecule has 1 aliphatic carbocycles. The Hall–Kier alpha value is -0.980. The second-order valence-electron chi connectivity index (χ2n) is 4.15. The van der Waals surface area contributed by atoms with E-state index in [4.69, 9.17) is 5.11 Å². The molecule has 0 amide bonds. The van der Waals surface area contributed by atoms with Crippen LogP contribution < -0.4 is 4.72 Å². The van der Waals surface area contributed by atoms with Crippen LogP contribution in [0.25, 0.3) is 0 Å². The van der Waals surface area contributed by atoms with Gasteiger partial charge in [-0.2, -0.15) is 0 Å². The number of nitrogens with one attached hydrogen (secondary N) is 1. The molecular weight excluding hydrogens is 228 g/mol. The van der Waals surface area contributed by atoms with Crippen LogP contribution in [0.5, 0.6) is 0 Å². The summed E-state index contributed by atoms with van der Waals surface area (Å²) in [4.78, 5) is 3.78. The van der Waals surface area contributed by atoms with Gasteiger partial charge in [-0.25, -0.2) is 18.1 Å². The Balaban J connectivity index is 2.04. The van der Waals surface area contributed by atoms with Crippen molar-refractivity contribution < 1.29 is 13.5 Å². The lowest BCUT2D eigenvalue weighted by molar-refractivity contribution is 0.213. The second kappa shape index (κ2) is 4.12. The lowest BCUT2D eigenvalue weighted by Gasteiger charge is -2.12. The van der Waals surface area contributed by atoms with E-state index in [0.29, 0.717) is 0 Å². The van der Waals surface area contributed by atoms with Crippen LogP contribution in [0, 0.1) is 5.41 Å². The van der Waals surface area contributed by atoms with Gasteiger partial charge in [0.05, 0.1) is 0 Å². The summed E-state index contributed by atoms with van der Waals surface area (Å²) in [6, 6.07) is 4.73. The summed E-state index contributed by atoms with van der Waals surface area (Å²) in [5.74, 6) is 0. The van der Waals surface area contributed by atoms with E-state index in [9.17, 15) is 8.42 Å². The van der Waals surface area contributed by atoms with Gasteiger partial charge in [-0.15, -0.1) is 0 Å². The first-order valence-corrected chi connectivity index (χ1v) is 6.58. The SMILES string of the molecule is O=S(=O)(NCC1(CO)CC1)c1ccccn1. The number of pyridine rings is 1. The number of hydrogen-bond donors (Lipinski definition) is 2. The number of nitrogens with zero attached hydrogens (tertiary/aromatic N) is 1. The first-order chi connectivity index (χ1) is 7.58. The maximum atomic E-state index is 11.8. The van der Waals surface area contributed by atoms with Crippen molar-refractivity contribution in [2.24, 2.45) is 5.41 Å². The summed E-state index contributed by atoms with van der Waals surface area (Å²) in [6.07, 6.45) is 3.18. The zero-order chi connectivity index (χ0) is 11.6. The highest BCUT2D eigenvalue weighted by Gasteiger charge is 2.42. The molecule has 0 aliphatic heterocycles. The molecule has 0 radical (unpaired) electrons. The molecule has 0 bridgehead atoms. The Morgan fingerprint density at radius 1 is 1.44 bits per heavy atom. The van der Waals surface area contributed by atoms with Crippen LogP contribution in [0.15, 0.2) is 29.4 Å². The molecule has 6 heteroatoms. The van der Waals surface area contributed by atoms with Gasteiger partial charge in [-0.05, 0) is 25.0 Å². The van der Waals surface area contributed by atoms with Crippen LogP contribution >= 0.6 is 0 Å². The lowest BCUT2D eigenvalue weighted by atomic mass is 10.1. The summed E-state index contributed by atoms with van der Waals surface area (Å²) in [5.41, 5.74) is -0.234. The fourth-order valence-electron chi connectivity index (χ4n) is 1.40. The van der Waals surface area contributed by atoms with Crippen molar-refractivity contribution in [2.45, 2.75) is 17.9 Å². The molecule has 0 unspecified atom stereocenters. The maximum absolute atomic E-state index is 11.8. The average molecular weight is 242 g/mol. The minimum atomic E-state index is -3.54. The monoisotopic (exact) mass is 242 g/mol. The summed E-state index contributed by atoms with van der Waals surface area (Å²) in [5, 5.41) is 9.09. The zero-order valence-electron chi connectivity index (χ0n) is 8.76. The smallest absolute Gasteiger partial charge is 0.258 e. The van der Waals surface area contributed by atoms with Crippen LogP contribution in [0.2, 0.25) is 0 Å². The van der Waals surface area contributed by atoms with Gasteiger partial charge in [-0.3, -0.25) is 0 Å². The van der Waals surface area contributed by atoms with Crippen molar-refractivity contribution in [1.29, 1.82) is 0 Å². The quantitative estimate of drug-likeness (QED) is 0.769. The number of aliphatic hydroxyl groups is 1. The Labute approximate surface area is 94.6 Å². The van der Waals surface area contributed by atoms with E-state index in [1.54, 1.807) is 12.1 Å². The third kappa shape index (κ3) is 2.40. The van der Waals surface area contributed by atoms with Gasteiger partial charge in [0, 0.05) is 24.8 Å². The lowest BCUT2D eigenvalue weighted by Crippen LogP contribution is -2.32. The number of hydrogen-bond acceptors (Lipinski definition) is 4. The van der Waals surface area contributed by atoms with Crippen LogP contribution in [-0.2, 0) is 10.0 Å². The number of aliphatic hydroxyl groups excluding tert-OH is 1. The summed E-state index contributed by atoms with van der Waals surface area (Å²) < 4.78 is 26.0. The highest BCUT2D eigenvalue weighted by atomic mass is 32.2. The van der Waals surface area contributed by atoms with Gasteiger partial charge in [0.1, 0.15) is 0 Å². The van der Waals surface area contributed by atoms with Crippen molar-refractivity contribution in [3.05, 3.63) is 24.4 Å². The van der Waals surface area contributed by atoms with Crippen LogP contribution in [-0.4, -0.2) is 31.7 Å². The summed E-state index contributed by atoms with van der Waals surface area (Å²) >= 11 is 0. The minimum Gasteiger partial charge on any atom is -0.396 e. The predicted molar refractivity (Wildman–Crippen MR) is 58.2 cm³/mol. The van der Waals surface area contributed by atoms with Crippen molar-refractivity contribution in [3.63, 3.8) is 0 Å². The van der Waals surface area contributed by atoms with Crippen LogP contribution in [0.1, 0.15) is 12.8 Å². The predicted octanol–water partition coefficient (Wildman–Crippen LogP) is 0.132. The van der Waals surface area contributed by atoms with E-state index in [1.165, 1.54) is 12.3 Å². The first kappa shape index (κ1) is 11.5. The second-order valence-corrected chi connectivity index (χ2v) is 5.86. The molecule has 1 saturated carbocycles. The van der Waals surface area contributed by atoms with Gasteiger partial charge < -0.3 is 5.11 Å². The number of rotatable bonds is 5. The Morgan fingerprint density at radius 3 is 2.69 bits per heavy atom. The molecule has 1 heterocycles. The summed E-state index contributed by atoms with van der Waals surface area (Å²) in [7, 11) is -3.54. The maximum Gasteiger partial charge on any atom is 0.258 e. The van der Waals surface area contributed by atoms with Crippen molar-refractivity contribution in [1.82, 2.24) is 9.71 Å². The average Bonchev–Trinajstić information content (AvgIpc) is 3.09. The van der Waals surface area contributed by atoms with E-state index in [2.05, 4.69) is 9.71 Å². The van der Waals surface area contributed by atoms with Gasteiger partial charge in [0.2, 0.25) is 0 Å². The molecule has 2 N–H and O–H groups in total. The molecule has 16 heavy (non-hydrogen) atoms. The van der Waals surface area contributed by atoms with E-state index < -0.39 is 10.0 Å². The van der Waals surface area contributed by atoms with E-state index in [1.807, 2.05) is 0 Å². The fraction of sp³-hybridized carbons (Fsp3) is 0.500. The van der Waals surface area contributed by atoms with Crippen molar-refractivity contribution in [2.75, 3.05) is 13.2 Å². The van der Waals surface area contributed by atoms with E-state index >= 15 is 0 Å². The van der Waals surface area contributed by atoms with Gasteiger partial charge in [0.15, 0.2) is 5.03 Å². The molecule has 5 nitrogen and oxygen atoms in total. The van der Waals surface area contributed by atoms with Gasteiger partial charge in [-0.1, -0.05) is 6.07 Å². The molecule has 0 aromatic carbocycles. The molecule has 0 saturated heterocycles. The number of sulfonamides is 1. The third-order valence-corrected chi connectivity index (χ3v) is 4.16. The van der Waals surface area contributed by atoms with Gasteiger partial charge >= 0.3 is 0 Å². The molecule has 1 aromatic heterocycles. The molecule has 0 atom stereocenters. The van der Waals surface area contributed by atoms with Crippen molar-refractivity contribution in [3.8, 4) is 0 Å². The van der Waals surface area contributed by atoms with Crippen molar-refractivity contribution >= 4 is 10.0 Å². The summed E-state index contributed by atoms with van der Waals surface area (Å²) in [6.45, 7) is 0.306. The zero-order valence-corrected chi connectivity index (χ0v) is 9.57. The molecule has 2 rings (SSSR count). The fourth-order valence-corrected chi connectivity index (χ4v) is 2.50. The minimum absolute atomic E-state index is 0.0174. The molecule has 0 spiro atoms. The topological polar surface area (TPSA) is 79.3 Å². The first-order valence-electron chi connectivity index (χ1n) is 5.10. The molecule has 88 valence electrons. The van der Waals surface area contributed by atoms with E-state index in [-0.39, 0.29) is 23.6 Å². The standard InChI is InChI=1S/C10H14N2O3S/c13-8-10(4-5-10)7-12-16(14,15)9-3-1-2-6-11-9/h1-3,6,12-13H,4-5,7-8H2. The Kier molecular flexibility index (Phi) is 2.96. The molecule has 1 aromatic rings. The highest BCUT2D eigenvalue weighted by Crippen LogP contribution is 2.44. The largest absolute Gasteiger partial charge is 0.396 e. The highest BCUT2D eigenvalue weighted by molar-refractivity contribution is 7.89. The molecule has 1 aliphatic rings. The molecular formula is C10H14N2O3S.